The van der Waals surface area contributed by atoms with E-state index in [-0.39, 0.29) is 22.9 Å². The number of pyridine rings is 1. The van der Waals surface area contributed by atoms with Crippen LogP contribution in [0.5, 0.6) is 0 Å². The zero-order chi connectivity index (χ0) is 28.1. The number of hydrogen-bond donors (Lipinski definition) is 3. The summed E-state index contributed by atoms with van der Waals surface area (Å²) in [5, 5.41) is 15.9. The van der Waals surface area contributed by atoms with E-state index in [1.165, 1.54) is 29.0 Å². The summed E-state index contributed by atoms with van der Waals surface area (Å²) in [6.07, 6.45) is 5.60. The Hall–Kier alpha value is -4.24. The van der Waals surface area contributed by atoms with Gasteiger partial charge in [0.25, 0.3) is 11.8 Å². The van der Waals surface area contributed by atoms with Crippen molar-refractivity contribution in [1.29, 1.82) is 0 Å². The van der Waals surface area contributed by atoms with Gasteiger partial charge in [-0.2, -0.15) is 0 Å². The maximum atomic E-state index is 13.2. The molecule has 2 aromatic heterocycles. The number of thiazole rings is 1. The number of thioether (sulfide) groups is 1. The van der Waals surface area contributed by atoms with Gasteiger partial charge in [0.15, 0.2) is 10.8 Å². The fourth-order valence-corrected chi connectivity index (χ4v) is 5.62. The number of amides is 2. The van der Waals surface area contributed by atoms with Crippen LogP contribution in [0.3, 0.4) is 0 Å². The summed E-state index contributed by atoms with van der Waals surface area (Å²) >= 11 is 2.38. The van der Waals surface area contributed by atoms with E-state index in [0.717, 1.165) is 16.9 Å². The number of nitrogens with one attached hydrogen (secondary N) is 1. The zero-order valence-corrected chi connectivity index (χ0v) is 22.4. The quantitative estimate of drug-likeness (QED) is 0.0987. The molecule has 0 spiro atoms. The average Bonchev–Trinajstić information content (AvgIpc) is 3.36. The molecular formula is C24H24N6O7S2. The van der Waals surface area contributed by atoms with Crippen LogP contribution in [0.4, 0.5) is 5.13 Å². The van der Waals surface area contributed by atoms with Gasteiger partial charge in [-0.15, -0.1) is 23.1 Å². The van der Waals surface area contributed by atoms with E-state index in [2.05, 4.69) is 20.4 Å². The molecule has 4 rings (SSSR count). The topological polar surface area (TPSA) is 186 Å². The largest absolute Gasteiger partial charge is 0.425 e. The van der Waals surface area contributed by atoms with Crippen molar-refractivity contribution >= 4 is 63.8 Å². The standard InChI is InChI=1S/C24H24N6O7S2/c1-3-16(31)36-12(2)37-23(34)19-14(7-6-13-5-4-8-26-9-13)10-38-22-18(21(33)30(19)22)28-20(32)17(29-35)15-11-39-24(25)27-15/h4-9,11-12,18,22,35H,3,10H2,1-2H3,(H2,25,27)(H,28,32)/b7-6-,29-17-/t12?,18-,22-/m1/s1. The highest BCUT2D eigenvalue weighted by Crippen LogP contribution is 2.41. The van der Waals surface area contributed by atoms with Gasteiger partial charge in [0.1, 0.15) is 22.8 Å². The third kappa shape index (κ3) is 6.09. The molecule has 39 heavy (non-hydrogen) atoms. The number of ether oxygens (including phenoxy) is 2. The Kier molecular flexibility index (Phi) is 8.61. The molecule has 4 heterocycles. The predicted octanol–water partition coefficient (Wildman–Crippen LogP) is 1.51. The number of anilines is 1. The molecule has 1 unspecified atom stereocenters. The van der Waals surface area contributed by atoms with Crippen LogP contribution in [0.2, 0.25) is 0 Å². The highest BCUT2D eigenvalue weighted by atomic mass is 32.2. The second-order valence-corrected chi connectivity index (χ2v) is 10.2. The number of allylic oxidation sites excluding steroid dienone is 1. The van der Waals surface area contributed by atoms with Crippen LogP contribution >= 0.6 is 23.1 Å². The lowest BCUT2D eigenvalue weighted by atomic mass is 10.0. The van der Waals surface area contributed by atoms with E-state index in [1.807, 2.05) is 6.07 Å². The fraction of sp³-hybridized carbons (Fsp3) is 0.292. The number of hydrogen-bond acceptors (Lipinski definition) is 13. The Labute approximate surface area is 230 Å². The molecule has 0 saturated carbocycles. The number of carbonyl (C=O) groups is 4. The minimum absolute atomic E-state index is 0.0305. The second-order valence-electron chi connectivity index (χ2n) is 8.19. The number of aromatic nitrogens is 2. The van der Waals surface area contributed by atoms with Crippen molar-refractivity contribution in [1.82, 2.24) is 20.2 Å². The molecule has 3 atom stereocenters. The minimum Gasteiger partial charge on any atom is -0.425 e. The molecule has 2 aromatic rings. The summed E-state index contributed by atoms with van der Waals surface area (Å²) in [5.41, 5.74) is 6.48. The van der Waals surface area contributed by atoms with Gasteiger partial charge >= 0.3 is 11.9 Å². The van der Waals surface area contributed by atoms with E-state index >= 15 is 0 Å². The molecule has 2 aliphatic rings. The molecule has 2 aliphatic heterocycles. The van der Waals surface area contributed by atoms with Gasteiger partial charge in [0, 0.05) is 36.9 Å². The first-order chi connectivity index (χ1) is 18.7. The normalized spacial score (nSPS) is 19.8. The highest BCUT2D eigenvalue weighted by Gasteiger charge is 2.54. The van der Waals surface area contributed by atoms with E-state index in [4.69, 9.17) is 15.2 Å². The molecule has 204 valence electrons. The average molecular weight is 573 g/mol. The molecule has 0 aliphatic carbocycles. The van der Waals surface area contributed by atoms with Crippen LogP contribution < -0.4 is 11.1 Å². The van der Waals surface area contributed by atoms with E-state index in [1.54, 1.807) is 37.5 Å². The minimum atomic E-state index is -1.19. The molecule has 2 amide bonds. The third-order valence-electron chi connectivity index (χ3n) is 5.58. The summed E-state index contributed by atoms with van der Waals surface area (Å²) in [6.45, 7) is 3.00. The number of nitrogen functional groups attached to an aromatic ring is 1. The summed E-state index contributed by atoms with van der Waals surface area (Å²) < 4.78 is 10.4. The van der Waals surface area contributed by atoms with Crippen LogP contribution in [0.1, 0.15) is 31.5 Å². The predicted molar refractivity (Wildman–Crippen MR) is 142 cm³/mol. The number of carbonyl (C=O) groups excluding carboxylic acids is 4. The van der Waals surface area contributed by atoms with Gasteiger partial charge in [0.2, 0.25) is 6.29 Å². The summed E-state index contributed by atoms with van der Waals surface area (Å²) in [5.74, 6) is -2.53. The number of nitrogens with zero attached hydrogens (tertiary/aromatic N) is 4. The highest BCUT2D eigenvalue weighted by molar-refractivity contribution is 8.00. The van der Waals surface area contributed by atoms with E-state index in [0.29, 0.717) is 11.3 Å². The summed E-state index contributed by atoms with van der Waals surface area (Å²) in [6, 6.07) is 2.57. The number of oxime groups is 1. The monoisotopic (exact) mass is 572 g/mol. The molecular weight excluding hydrogens is 548 g/mol. The molecule has 0 radical (unpaired) electrons. The van der Waals surface area contributed by atoms with Gasteiger partial charge in [0.05, 0.1) is 0 Å². The van der Waals surface area contributed by atoms with Crippen LogP contribution in [0.15, 0.2) is 52.4 Å². The Morgan fingerprint density at radius 3 is 2.79 bits per heavy atom. The van der Waals surface area contributed by atoms with Gasteiger partial charge in [-0.1, -0.05) is 30.3 Å². The Morgan fingerprint density at radius 1 is 1.36 bits per heavy atom. The van der Waals surface area contributed by atoms with Crippen molar-refractivity contribution < 1.29 is 33.9 Å². The number of rotatable bonds is 9. The molecule has 1 saturated heterocycles. The second kappa shape index (κ2) is 12.1. The molecule has 0 aromatic carbocycles. The van der Waals surface area contributed by atoms with Crippen molar-refractivity contribution in [3.05, 3.63) is 58.5 Å². The molecule has 15 heteroatoms. The molecule has 4 N–H and O–H groups in total. The van der Waals surface area contributed by atoms with Crippen LogP contribution in [0, 0.1) is 0 Å². The van der Waals surface area contributed by atoms with Gasteiger partial charge in [-0.3, -0.25) is 24.3 Å². The van der Waals surface area contributed by atoms with Crippen molar-refractivity contribution in [3.63, 3.8) is 0 Å². The first-order valence-electron chi connectivity index (χ1n) is 11.6. The van der Waals surface area contributed by atoms with Crippen molar-refractivity contribution in [3.8, 4) is 0 Å². The number of esters is 2. The molecule has 0 bridgehead atoms. The number of nitrogens with two attached hydrogens (primary N) is 1. The van der Waals surface area contributed by atoms with E-state index in [9.17, 15) is 24.4 Å². The first kappa shape index (κ1) is 27.8. The molecule has 13 nitrogen and oxygen atoms in total. The molecule has 1 fully saturated rings. The lowest BCUT2D eigenvalue weighted by Gasteiger charge is -2.49. The first-order valence-corrected chi connectivity index (χ1v) is 13.6. The van der Waals surface area contributed by atoms with Crippen molar-refractivity contribution in [2.24, 2.45) is 5.16 Å². The maximum Gasteiger partial charge on any atom is 0.358 e. The lowest BCUT2D eigenvalue weighted by molar-refractivity contribution is -0.184. The SMILES string of the molecule is CCC(=O)OC(C)OC(=O)C1=C(/C=C\c2cccnc2)CS[C@@H]2[C@H](NC(=O)/C(=N\O)c3csc(N)n3)C(=O)N12. The summed E-state index contributed by atoms with van der Waals surface area (Å²) in [4.78, 5) is 60.1. The van der Waals surface area contributed by atoms with Gasteiger partial charge in [-0.05, 0) is 17.2 Å². The smallest absolute Gasteiger partial charge is 0.358 e. The zero-order valence-electron chi connectivity index (χ0n) is 20.8. The fourth-order valence-electron chi connectivity index (χ4n) is 3.75. The Balaban J connectivity index is 1.57. The van der Waals surface area contributed by atoms with Gasteiger partial charge < -0.3 is 25.7 Å². The van der Waals surface area contributed by atoms with E-state index < -0.39 is 47.2 Å². The van der Waals surface area contributed by atoms with Crippen LogP contribution in [-0.2, 0) is 28.7 Å². The number of fused-ring (bicyclic) bond motifs is 1. The van der Waals surface area contributed by atoms with Crippen LogP contribution in [-0.4, -0.2) is 73.0 Å². The maximum absolute atomic E-state index is 13.2. The van der Waals surface area contributed by atoms with Crippen molar-refractivity contribution in [2.75, 3.05) is 11.5 Å². The van der Waals surface area contributed by atoms with Crippen LogP contribution in [0.25, 0.3) is 6.08 Å². The van der Waals surface area contributed by atoms with Crippen molar-refractivity contribution in [2.45, 2.75) is 38.0 Å². The Bertz CT molecular complexity index is 1370. The van der Waals surface area contributed by atoms with Gasteiger partial charge in [-0.25, -0.2) is 9.78 Å². The Morgan fingerprint density at radius 2 is 2.15 bits per heavy atom. The lowest BCUT2D eigenvalue weighted by Crippen LogP contribution is -2.71. The third-order valence-corrected chi connectivity index (χ3v) is 7.55. The summed E-state index contributed by atoms with van der Waals surface area (Å²) in [7, 11) is 0. The number of β-lactam (4-membered cyclic amide) rings is 1.